The number of aryl methyl sites for hydroxylation is 1. The molecule has 0 atom stereocenters. The van der Waals surface area contributed by atoms with Crippen molar-refractivity contribution in [3.05, 3.63) is 66.6 Å². The van der Waals surface area contributed by atoms with E-state index in [-0.39, 0.29) is 11.6 Å². The number of anilines is 1. The van der Waals surface area contributed by atoms with Crippen LogP contribution in [0.5, 0.6) is 0 Å². The van der Waals surface area contributed by atoms with E-state index in [0.29, 0.717) is 15.7 Å². The van der Waals surface area contributed by atoms with Gasteiger partial charge in [0, 0.05) is 21.8 Å². The van der Waals surface area contributed by atoms with E-state index in [0.717, 1.165) is 10.0 Å². The topological polar surface area (TPSA) is 72.2 Å². The van der Waals surface area contributed by atoms with E-state index in [4.69, 9.17) is 0 Å². The number of rotatable bonds is 3. The van der Waals surface area contributed by atoms with Crippen molar-refractivity contribution in [1.29, 1.82) is 0 Å². The fourth-order valence-corrected chi connectivity index (χ4v) is 2.80. The van der Waals surface area contributed by atoms with Crippen molar-refractivity contribution in [1.82, 2.24) is 0 Å². The molecule has 0 aliphatic heterocycles. The second kappa shape index (κ2) is 6.36. The maximum absolute atomic E-state index is 12.2. The molecule has 0 saturated heterocycles. The minimum Gasteiger partial charge on any atom is -0.322 e. The highest BCUT2D eigenvalue weighted by Crippen LogP contribution is 2.28. The van der Waals surface area contributed by atoms with Gasteiger partial charge in [-0.15, -0.1) is 0 Å². The fourth-order valence-electron chi connectivity index (χ4n) is 1.80. The molecule has 0 unspecified atom stereocenters. The highest BCUT2D eigenvalue weighted by molar-refractivity contribution is 9.10. The molecule has 1 amide bonds. The molecule has 0 bridgehead atoms. The zero-order valence-electron chi connectivity index (χ0n) is 10.9. The smallest absolute Gasteiger partial charge is 0.285 e. The second-order valence-electron chi connectivity index (χ2n) is 4.39. The molecule has 21 heavy (non-hydrogen) atoms. The van der Waals surface area contributed by atoms with E-state index in [9.17, 15) is 14.9 Å². The average Bonchev–Trinajstić information content (AvgIpc) is 2.39. The minimum absolute atomic E-state index is 0.0989. The summed E-state index contributed by atoms with van der Waals surface area (Å²) in [6.45, 7) is 1.88. The van der Waals surface area contributed by atoms with Crippen LogP contribution in [0.1, 0.15) is 15.9 Å². The van der Waals surface area contributed by atoms with E-state index in [1.807, 2.05) is 13.0 Å². The van der Waals surface area contributed by atoms with Gasteiger partial charge in [0.2, 0.25) is 0 Å². The van der Waals surface area contributed by atoms with Crippen molar-refractivity contribution < 1.29 is 9.72 Å². The molecule has 2 rings (SSSR count). The number of nitrogens with one attached hydrogen (secondary N) is 1. The lowest BCUT2D eigenvalue weighted by Gasteiger charge is -2.07. The van der Waals surface area contributed by atoms with Crippen molar-refractivity contribution in [3.63, 3.8) is 0 Å². The van der Waals surface area contributed by atoms with Crippen LogP contribution < -0.4 is 5.32 Å². The Labute approximate surface area is 137 Å². The number of carbonyl (C=O) groups excluding carboxylic acids is 1. The van der Waals surface area contributed by atoms with E-state index in [2.05, 4.69) is 37.2 Å². The first kappa shape index (κ1) is 15.7. The number of amides is 1. The van der Waals surface area contributed by atoms with Gasteiger partial charge in [-0.1, -0.05) is 15.9 Å². The maximum Gasteiger partial charge on any atom is 0.285 e. The molecule has 5 nitrogen and oxygen atoms in total. The number of benzene rings is 2. The monoisotopic (exact) mass is 412 g/mol. The standard InChI is InChI=1S/C14H10Br2N2O3/c1-8-4-9(6-10(15)5-8)14(19)17-11-2-3-12(16)13(7-11)18(20)21/h2-7H,1H3,(H,17,19). The van der Waals surface area contributed by atoms with Crippen LogP contribution in [0.2, 0.25) is 0 Å². The molecule has 0 aromatic heterocycles. The molecular weight excluding hydrogens is 404 g/mol. The summed E-state index contributed by atoms with van der Waals surface area (Å²) in [6, 6.07) is 9.76. The Morgan fingerprint density at radius 3 is 2.52 bits per heavy atom. The highest BCUT2D eigenvalue weighted by Gasteiger charge is 2.14. The van der Waals surface area contributed by atoms with E-state index in [1.165, 1.54) is 12.1 Å². The number of halogens is 2. The third-order valence-corrected chi connectivity index (χ3v) is 3.83. The van der Waals surface area contributed by atoms with Gasteiger partial charge in [0.05, 0.1) is 9.40 Å². The molecule has 1 N–H and O–H groups in total. The summed E-state index contributed by atoms with van der Waals surface area (Å²) in [6.07, 6.45) is 0. The van der Waals surface area contributed by atoms with Crippen LogP contribution in [-0.4, -0.2) is 10.8 Å². The molecule has 0 spiro atoms. The molecule has 0 aliphatic rings. The van der Waals surface area contributed by atoms with E-state index >= 15 is 0 Å². The first-order valence-corrected chi connectivity index (χ1v) is 7.48. The van der Waals surface area contributed by atoms with Crippen LogP contribution in [0.4, 0.5) is 11.4 Å². The quantitative estimate of drug-likeness (QED) is 0.586. The SMILES string of the molecule is Cc1cc(Br)cc(C(=O)Nc2ccc(Br)c([N+](=O)[O-])c2)c1. The normalized spacial score (nSPS) is 10.2. The zero-order chi connectivity index (χ0) is 15.6. The van der Waals surface area contributed by atoms with Crippen molar-refractivity contribution in [2.45, 2.75) is 6.92 Å². The van der Waals surface area contributed by atoms with Crippen LogP contribution in [0.25, 0.3) is 0 Å². The molecule has 0 saturated carbocycles. The lowest BCUT2D eigenvalue weighted by atomic mass is 10.1. The zero-order valence-corrected chi connectivity index (χ0v) is 14.1. The van der Waals surface area contributed by atoms with Gasteiger partial charge < -0.3 is 5.32 Å². The van der Waals surface area contributed by atoms with Crippen LogP contribution >= 0.6 is 31.9 Å². The number of nitro benzene ring substituents is 1. The molecule has 0 radical (unpaired) electrons. The first-order valence-electron chi connectivity index (χ1n) is 5.89. The molecule has 0 heterocycles. The van der Waals surface area contributed by atoms with Gasteiger partial charge in [-0.25, -0.2) is 0 Å². The number of hydrogen-bond donors (Lipinski definition) is 1. The van der Waals surface area contributed by atoms with Gasteiger partial charge in [-0.05, 0) is 58.7 Å². The lowest BCUT2D eigenvalue weighted by Crippen LogP contribution is -2.12. The number of nitro groups is 1. The average molecular weight is 414 g/mol. The predicted molar refractivity (Wildman–Crippen MR) is 87.6 cm³/mol. The summed E-state index contributed by atoms with van der Waals surface area (Å²) in [7, 11) is 0. The van der Waals surface area contributed by atoms with Crippen LogP contribution in [0, 0.1) is 17.0 Å². The summed E-state index contributed by atoms with van der Waals surface area (Å²) in [5, 5.41) is 13.5. The molecule has 0 fully saturated rings. The summed E-state index contributed by atoms with van der Waals surface area (Å²) < 4.78 is 1.17. The molecule has 7 heteroatoms. The van der Waals surface area contributed by atoms with Gasteiger partial charge in [-0.3, -0.25) is 14.9 Å². The highest BCUT2D eigenvalue weighted by atomic mass is 79.9. The maximum atomic E-state index is 12.2. The fraction of sp³-hybridized carbons (Fsp3) is 0.0714. The van der Waals surface area contributed by atoms with Gasteiger partial charge in [0.1, 0.15) is 0 Å². The van der Waals surface area contributed by atoms with Gasteiger partial charge in [0.15, 0.2) is 0 Å². The predicted octanol–water partition coefficient (Wildman–Crippen LogP) is 4.68. The number of nitrogens with zero attached hydrogens (tertiary/aromatic N) is 1. The Morgan fingerprint density at radius 2 is 1.90 bits per heavy atom. The summed E-state index contributed by atoms with van der Waals surface area (Å²) in [5.41, 5.74) is 1.69. The Kier molecular flexibility index (Phi) is 4.74. The third-order valence-electron chi connectivity index (χ3n) is 2.71. The summed E-state index contributed by atoms with van der Waals surface area (Å²) >= 11 is 6.43. The minimum atomic E-state index is -0.511. The second-order valence-corrected chi connectivity index (χ2v) is 6.16. The molecule has 0 aliphatic carbocycles. The molecule has 108 valence electrons. The number of carbonyl (C=O) groups is 1. The van der Waals surface area contributed by atoms with Crippen molar-refractivity contribution in [3.8, 4) is 0 Å². The van der Waals surface area contributed by atoms with Crippen molar-refractivity contribution >= 4 is 49.1 Å². The van der Waals surface area contributed by atoms with Crippen LogP contribution in [0.15, 0.2) is 45.3 Å². The van der Waals surface area contributed by atoms with Crippen LogP contribution in [0.3, 0.4) is 0 Å². The van der Waals surface area contributed by atoms with Crippen molar-refractivity contribution in [2.24, 2.45) is 0 Å². The number of hydrogen-bond acceptors (Lipinski definition) is 3. The largest absolute Gasteiger partial charge is 0.322 e. The Bertz CT molecular complexity index is 712. The summed E-state index contributed by atoms with van der Waals surface area (Å²) in [5.74, 6) is -0.323. The Morgan fingerprint density at radius 1 is 1.19 bits per heavy atom. The van der Waals surface area contributed by atoms with Crippen LogP contribution in [-0.2, 0) is 0 Å². The van der Waals surface area contributed by atoms with Gasteiger partial charge in [0.25, 0.3) is 11.6 Å². The van der Waals surface area contributed by atoms with Gasteiger partial charge in [-0.2, -0.15) is 0 Å². The van der Waals surface area contributed by atoms with E-state index in [1.54, 1.807) is 18.2 Å². The van der Waals surface area contributed by atoms with Gasteiger partial charge >= 0.3 is 0 Å². The lowest BCUT2D eigenvalue weighted by molar-refractivity contribution is -0.385. The first-order chi connectivity index (χ1) is 9.86. The third kappa shape index (κ3) is 3.89. The summed E-state index contributed by atoms with van der Waals surface area (Å²) in [4.78, 5) is 22.5. The van der Waals surface area contributed by atoms with Crippen molar-refractivity contribution in [2.75, 3.05) is 5.32 Å². The molecular formula is C14H10Br2N2O3. The van der Waals surface area contributed by atoms with E-state index < -0.39 is 4.92 Å². The molecule has 2 aromatic rings. The Balaban J connectivity index is 2.27. The Hall–Kier alpha value is -1.73. The molecule has 2 aromatic carbocycles.